The monoisotopic (exact) mass is 208 g/mol. The number of hydrogen-bond acceptors (Lipinski definition) is 3. The van der Waals surface area contributed by atoms with Gasteiger partial charge in [-0.3, -0.25) is 0 Å². The SMILES string of the molecule is O=C([O-])c1ccccc1C(=O)O.[Al+3].[O-2]. The van der Waals surface area contributed by atoms with Crippen LogP contribution in [0, 0.1) is 0 Å². The van der Waals surface area contributed by atoms with Gasteiger partial charge in [-0.2, -0.15) is 0 Å². The molecule has 0 amide bonds. The molecule has 1 aromatic rings. The molecule has 5 nitrogen and oxygen atoms in total. The maximum absolute atomic E-state index is 10.4. The van der Waals surface area contributed by atoms with Gasteiger partial charge in [-0.25, -0.2) is 4.79 Å². The van der Waals surface area contributed by atoms with E-state index in [1.54, 1.807) is 0 Å². The van der Waals surface area contributed by atoms with Gasteiger partial charge in [0.2, 0.25) is 0 Å². The predicted molar refractivity (Wildman–Crippen MR) is 44.2 cm³/mol. The van der Waals surface area contributed by atoms with Gasteiger partial charge in [-0.15, -0.1) is 0 Å². The molecule has 14 heavy (non-hydrogen) atoms. The molecule has 0 spiro atoms. The van der Waals surface area contributed by atoms with Crippen LogP contribution in [0.5, 0.6) is 0 Å². The Morgan fingerprint density at radius 3 is 1.86 bits per heavy atom. The van der Waals surface area contributed by atoms with Crippen LogP contribution in [0.2, 0.25) is 0 Å². The quantitative estimate of drug-likeness (QED) is 0.645. The predicted octanol–water partition coefficient (Wildman–Crippen LogP) is -0.751. The van der Waals surface area contributed by atoms with Crippen molar-refractivity contribution in [1.82, 2.24) is 0 Å². The first kappa shape index (κ1) is 15.1. The van der Waals surface area contributed by atoms with E-state index in [1.165, 1.54) is 24.3 Å². The number of carboxylic acids is 2. The normalized spacial score (nSPS) is 8.00. The van der Waals surface area contributed by atoms with Crippen molar-refractivity contribution in [2.24, 2.45) is 0 Å². The van der Waals surface area contributed by atoms with Gasteiger partial charge in [0.15, 0.2) is 0 Å². The third-order valence-electron chi connectivity index (χ3n) is 1.38. The van der Waals surface area contributed by atoms with E-state index in [4.69, 9.17) is 5.11 Å². The summed E-state index contributed by atoms with van der Waals surface area (Å²) in [4.78, 5) is 20.8. The molecule has 0 aliphatic rings. The zero-order chi connectivity index (χ0) is 9.14. The summed E-state index contributed by atoms with van der Waals surface area (Å²) in [7, 11) is 0. The molecule has 0 heterocycles. The number of carbonyl (C=O) groups excluding carboxylic acids is 1. The number of rotatable bonds is 2. The average Bonchev–Trinajstić information content (AvgIpc) is 2.04. The zero-order valence-electron chi connectivity index (χ0n) is 6.97. The average molecular weight is 208 g/mol. The molecule has 1 aromatic carbocycles. The fraction of sp³-hybridized carbons (Fsp3) is 0. The van der Waals surface area contributed by atoms with E-state index in [-0.39, 0.29) is 34.0 Å². The Kier molecular flexibility index (Phi) is 6.66. The van der Waals surface area contributed by atoms with Crippen LogP contribution < -0.4 is 5.11 Å². The number of carbonyl (C=O) groups is 2. The van der Waals surface area contributed by atoms with Crippen molar-refractivity contribution in [3.63, 3.8) is 0 Å². The van der Waals surface area contributed by atoms with Crippen LogP contribution in [0.1, 0.15) is 20.7 Å². The molecule has 0 saturated carbocycles. The molecule has 0 fully saturated rings. The van der Waals surface area contributed by atoms with Gasteiger partial charge in [0, 0.05) is 5.56 Å². The smallest absolute Gasteiger partial charge is 2.00 e. The Bertz CT molecular complexity index is 303. The molecule has 0 aliphatic carbocycles. The Labute approximate surface area is 90.4 Å². The van der Waals surface area contributed by atoms with Gasteiger partial charge in [-0.1, -0.05) is 18.2 Å². The van der Waals surface area contributed by atoms with Crippen LogP contribution in [0.3, 0.4) is 0 Å². The molecule has 0 radical (unpaired) electrons. The van der Waals surface area contributed by atoms with E-state index in [9.17, 15) is 14.7 Å². The van der Waals surface area contributed by atoms with E-state index in [2.05, 4.69) is 0 Å². The van der Waals surface area contributed by atoms with Crippen molar-refractivity contribution >= 4 is 29.3 Å². The Balaban J connectivity index is 0. The summed E-state index contributed by atoms with van der Waals surface area (Å²) in [5, 5.41) is 18.9. The van der Waals surface area contributed by atoms with Gasteiger partial charge in [-0.05, 0) is 6.07 Å². The molecule has 0 atom stereocenters. The van der Waals surface area contributed by atoms with E-state index in [0.717, 1.165) is 0 Å². The fourth-order valence-corrected chi connectivity index (χ4v) is 0.848. The Morgan fingerprint density at radius 2 is 1.57 bits per heavy atom. The van der Waals surface area contributed by atoms with Crippen LogP contribution in [-0.2, 0) is 5.48 Å². The van der Waals surface area contributed by atoms with Crippen molar-refractivity contribution in [1.29, 1.82) is 0 Å². The van der Waals surface area contributed by atoms with Gasteiger partial charge in [0.25, 0.3) is 0 Å². The molecule has 0 saturated heterocycles. The third kappa shape index (κ3) is 3.19. The summed E-state index contributed by atoms with van der Waals surface area (Å²) in [5.74, 6) is -2.75. The fourth-order valence-electron chi connectivity index (χ4n) is 0.848. The maximum atomic E-state index is 10.4. The molecule has 0 unspecified atom stereocenters. The first-order chi connectivity index (χ1) is 5.63. The van der Waals surface area contributed by atoms with Crippen molar-refractivity contribution in [3.8, 4) is 0 Å². The van der Waals surface area contributed by atoms with Gasteiger partial charge < -0.3 is 20.5 Å². The molecule has 0 aliphatic heterocycles. The molecule has 1 N–H and O–H groups in total. The van der Waals surface area contributed by atoms with Crippen LogP contribution in [0.25, 0.3) is 0 Å². The van der Waals surface area contributed by atoms with Crippen molar-refractivity contribution in [3.05, 3.63) is 35.4 Å². The molecule has 6 heteroatoms. The summed E-state index contributed by atoms with van der Waals surface area (Å²) < 4.78 is 0. The number of benzene rings is 1. The topological polar surface area (TPSA) is 106 Å². The summed E-state index contributed by atoms with van der Waals surface area (Å²) in [6.07, 6.45) is 0. The number of aromatic carboxylic acids is 2. The molecule has 0 bridgehead atoms. The minimum Gasteiger partial charge on any atom is -2.00 e. The minimum atomic E-state index is -1.48. The summed E-state index contributed by atoms with van der Waals surface area (Å²) in [5.41, 5.74) is -0.553. The van der Waals surface area contributed by atoms with E-state index in [1.807, 2.05) is 0 Å². The maximum Gasteiger partial charge on any atom is 3.00 e. The second-order valence-electron chi connectivity index (χ2n) is 2.14. The summed E-state index contributed by atoms with van der Waals surface area (Å²) in [6, 6.07) is 5.31. The van der Waals surface area contributed by atoms with Crippen molar-refractivity contribution < 1.29 is 25.3 Å². The third-order valence-corrected chi connectivity index (χ3v) is 1.38. The molecule has 0 aromatic heterocycles. The Morgan fingerprint density at radius 1 is 1.14 bits per heavy atom. The van der Waals surface area contributed by atoms with Crippen molar-refractivity contribution in [2.75, 3.05) is 0 Å². The van der Waals surface area contributed by atoms with Crippen molar-refractivity contribution in [2.45, 2.75) is 0 Å². The second-order valence-corrected chi connectivity index (χ2v) is 2.14. The zero-order valence-corrected chi connectivity index (χ0v) is 8.12. The molecule has 70 valence electrons. The van der Waals surface area contributed by atoms with Gasteiger partial charge >= 0.3 is 23.3 Å². The van der Waals surface area contributed by atoms with Crippen LogP contribution in [-0.4, -0.2) is 34.4 Å². The van der Waals surface area contributed by atoms with Crippen LogP contribution >= 0.6 is 0 Å². The largest absolute Gasteiger partial charge is 3.00 e. The molecule has 1 rings (SSSR count). The number of carboxylic acid groups (broad SMARTS) is 2. The second kappa shape index (κ2) is 6.16. The summed E-state index contributed by atoms with van der Waals surface area (Å²) >= 11 is 0. The Hall–Kier alpha value is -1.35. The standard InChI is InChI=1S/C8H6O4.Al.O/c9-7(10)5-3-1-2-4-6(5)8(11)12;;/h1-4H,(H,9,10)(H,11,12);;/q;+3;-2/p-1. The van der Waals surface area contributed by atoms with Crippen LogP contribution in [0.15, 0.2) is 24.3 Å². The number of hydrogen-bond donors (Lipinski definition) is 1. The van der Waals surface area contributed by atoms with E-state index < -0.39 is 11.9 Å². The first-order valence-electron chi connectivity index (χ1n) is 3.16. The van der Waals surface area contributed by atoms with E-state index >= 15 is 0 Å². The first-order valence-corrected chi connectivity index (χ1v) is 3.16. The van der Waals surface area contributed by atoms with E-state index in [0.29, 0.717) is 0 Å². The van der Waals surface area contributed by atoms with Gasteiger partial charge in [0.1, 0.15) is 0 Å². The summed E-state index contributed by atoms with van der Waals surface area (Å²) in [6.45, 7) is 0. The molecular formula is C8H5AlO5. The van der Waals surface area contributed by atoms with Gasteiger partial charge in [0.05, 0.1) is 11.5 Å². The molecular weight excluding hydrogens is 203 g/mol. The van der Waals surface area contributed by atoms with Crippen LogP contribution in [0.4, 0.5) is 0 Å². The minimum absolute atomic E-state index is 0.